The lowest BCUT2D eigenvalue weighted by atomic mass is 10.1. The molecule has 0 radical (unpaired) electrons. The van der Waals surface area contributed by atoms with Crippen molar-refractivity contribution in [3.63, 3.8) is 0 Å². The van der Waals surface area contributed by atoms with Crippen LogP contribution >= 0.6 is 7.82 Å². The Morgan fingerprint density at radius 2 is 1.21 bits per heavy atom. The van der Waals surface area contributed by atoms with Crippen molar-refractivity contribution >= 4 is 13.8 Å². The summed E-state index contributed by atoms with van der Waals surface area (Å²) in [5.41, 5.74) is 0. The van der Waals surface area contributed by atoms with Crippen molar-refractivity contribution in [2.24, 2.45) is 0 Å². The molecule has 0 aliphatic rings. The number of ether oxygens (including phenoxy) is 2. The van der Waals surface area contributed by atoms with Gasteiger partial charge in [-0.05, 0) is 76.7 Å². The van der Waals surface area contributed by atoms with Gasteiger partial charge in [0.05, 0.1) is 40.1 Å². The number of aliphatic hydroxyl groups is 1. The largest absolute Gasteiger partial charge is 0.498 e. The maximum Gasteiger partial charge on any atom is 0.472 e. The lowest BCUT2D eigenvalue weighted by Gasteiger charge is -2.24. The van der Waals surface area contributed by atoms with Crippen LogP contribution in [0.5, 0.6) is 0 Å². The fourth-order valence-corrected chi connectivity index (χ4v) is 6.18. The van der Waals surface area contributed by atoms with Crippen LogP contribution in [-0.2, 0) is 27.9 Å². The van der Waals surface area contributed by atoms with Crippen molar-refractivity contribution in [2.75, 3.05) is 47.5 Å². The van der Waals surface area contributed by atoms with Gasteiger partial charge in [-0.25, -0.2) is 4.57 Å². The number of hydrogen-bond donors (Lipinski definition) is 2. The Hall–Kier alpha value is -2.26. The van der Waals surface area contributed by atoms with Crippen LogP contribution in [0.25, 0.3) is 0 Å². The predicted octanol–water partition coefficient (Wildman–Crippen LogP) is 12.0. The number of nitrogens with zero attached hydrogens (tertiary/aromatic N) is 1. The second-order valence-corrected chi connectivity index (χ2v) is 17.1. The highest BCUT2D eigenvalue weighted by atomic mass is 31.2. The summed E-state index contributed by atoms with van der Waals surface area (Å²) < 4.78 is 34.6. The Labute approximate surface area is 343 Å². The second kappa shape index (κ2) is 38.3. The fraction of sp³-hybridized carbons (Fsp3) is 0.717. The van der Waals surface area contributed by atoms with Gasteiger partial charge in [0.25, 0.3) is 0 Å². The number of hydrogen-bond acceptors (Lipinski definition) is 7. The minimum absolute atomic E-state index is 0.00487. The van der Waals surface area contributed by atoms with Gasteiger partial charge < -0.3 is 24.0 Å². The van der Waals surface area contributed by atoms with E-state index in [1.807, 2.05) is 45.4 Å². The highest BCUT2D eigenvalue weighted by Crippen LogP contribution is 2.43. The molecule has 10 heteroatoms. The molecular formula is C46H83NO8P+. The maximum atomic E-state index is 12.6. The summed E-state index contributed by atoms with van der Waals surface area (Å²) in [6.45, 7) is 4.69. The van der Waals surface area contributed by atoms with Gasteiger partial charge in [0.2, 0.25) is 0 Å². The minimum Gasteiger partial charge on any atom is -0.498 e. The van der Waals surface area contributed by atoms with Crippen LogP contribution in [0.15, 0.2) is 73.1 Å². The van der Waals surface area contributed by atoms with Gasteiger partial charge in [0.1, 0.15) is 19.8 Å². The molecule has 0 fully saturated rings. The Morgan fingerprint density at radius 1 is 0.661 bits per heavy atom. The van der Waals surface area contributed by atoms with Gasteiger partial charge >= 0.3 is 13.8 Å². The van der Waals surface area contributed by atoms with E-state index in [4.69, 9.17) is 18.5 Å². The van der Waals surface area contributed by atoms with Crippen LogP contribution in [0.1, 0.15) is 155 Å². The van der Waals surface area contributed by atoms with Gasteiger partial charge in [-0.3, -0.25) is 13.8 Å². The van der Waals surface area contributed by atoms with E-state index >= 15 is 0 Å². The van der Waals surface area contributed by atoms with Gasteiger partial charge in [-0.1, -0.05) is 139 Å². The molecule has 0 aliphatic carbocycles. The van der Waals surface area contributed by atoms with E-state index in [2.05, 4.69) is 56.4 Å². The number of carbonyl (C=O) groups excluding carboxylic acids is 1. The lowest BCUT2D eigenvalue weighted by molar-refractivity contribution is -0.870. The Bertz CT molecular complexity index is 1140. The van der Waals surface area contributed by atoms with Crippen molar-refractivity contribution in [3.05, 3.63) is 73.1 Å². The number of phosphoric acid groups is 1. The summed E-state index contributed by atoms with van der Waals surface area (Å²) in [6, 6.07) is 0. The smallest absolute Gasteiger partial charge is 0.472 e. The molecule has 0 bridgehead atoms. The van der Waals surface area contributed by atoms with Crippen LogP contribution in [0, 0.1) is 0 Å². The second-order valence-electron chi connectivity index (χ2n) is 15.6. The molecule has 0 aromatic heterocycles. The molecule has 0 heterocycles. The SMILES string of the molecule is CCCCCCCC/C=C\CCCCCC/C=C/OC[C@H](COP(=O)(O)OCC[N+](C)(C)C)OC(=O)CCC/C=C\C/C=C\C/C=C\C=C\[C@@H](O)CCCCC. The van der Waals surface area contributed by atoms with Crippen molar-refractivity contribution in [3.8, 4) is 0 Å². The van der Waals surface area contributed by atoms with Crippen molar-refractivity contribution in [1.29, 1.82) is 0 Å². The number of likely N-dealkylation sites (N-methyl/N-ethyl adjacent to an activating group) is 1. The van der Waals surface area contributed by atoms with E-state index in [1.165, 1.54) is 57.8 Å². The molecule has 9 nitrogen and oxygen atoms in total. The van der Waals surface area contributed by atoms with Crippen LogP contribution in [0.4, 0.5) is 0 Å². The number of allylic oxidation sites excluding steroid dienone is 10. The molecule has 324 valence electrons. The molecule has 1 unspecified atom stereocenters. The standard InChI is InChI=1S/C46H82NO8P/c1-6-8-10-11-12-13-14-15-16-17-18-22-25-28-31-35-40-52-42-45(43-54-56(50,51)53-41-39-47(3,4)5)55-46(49)38-34-30-27-24-21-19-20-23-26-29-33-37-44(48)36-32-9-7-2/h15-16,19-20,24,26-27,29,33,35,37,40,44-45,48H,6-14,17-18,21-23,25,28,30-32,34,36,38-39,41-43H2,1-5H3/p+1/b16-15-,20-19-,27-24-,29-26-,37-33+,40-35+/t44-,45+/m0/s1. The van der Waals surface area contributed by atoms with E-state index in [9.17, 15) is 19.4 Å². The molecule has 0 rings (SSSR count). The topological polar surface area (TPSA) is 112 Å². The Balaban J connectivity index is 4.48. The summed E-state index contributed by atoms with van der Waals surface area (Å²) in [5.74, 6) is -0.412. The van der Waals surface area contributed by atoms with Crippen LogP contribution in [0.3, 0.4) is 0 Å². The highest BCUT2D eigenvalue weighted by Gasteiger charge is 2.26. The molecule has 0 saturated carbocycles. The van der Waals surface area contributed by atoms with E-state index in [1.54, 1.807) is 6.26 Å². The normalized spacial score (nSPS) is 15.0. The van der Waals surface area contributed by atoms with Crippen molar-refractivity contribution in [2.45, 2.75) is 167 Å². The average molecular weight is 809 g/mol. The minimum atomic E-state index is -4.32. The van der Waals surface area contributed by atoms with Gasteiger partial charge in [-0.15, -0.1) is 0 Å². The monoisotopic (exact) mass is 809 g/mol. The van der Waals surface area contributed by atoms with Gasteiger partial charge in [0, 0.05) is 6.42 Å². The van der Waals surface area contributed by atoms with Gasteiger partial charge in [-0.2, -0.15) is 0 Å². The van der Waals surface area contributed by atoms with E-state index in [0.29, 0.717) is 17.4 Å². The van der Waals surface area contributed by atoms with E-state index in [-0.39, 0.29) is 32.3 Å². The quantitative estimate of drug-likeness (QED) is 0.0120. The first-order valence-corrected chi connectivity index (χ1v) is 23.3. The van der Waals surface area contributed by atoms with Crippen molar-refractivity contribution < 1.29 is 42.4 Å². The van der Waals surface area contributed by atoms with Crippen LogP contribution < -0.4 is 0 Å². The molecular weight excluding hydrogens is 725 g/mol. The number of unbranched alkanes of at least 4 members (excludes halogenated alkanes) is 14. The third-order valence-electron chi connectivity index (χ3n) is 8.91. The first kappa shape index (κ1) is 53.7. The van der Waals surface area contributed by atoms with E-state index in [0.717, 1.165) is 70.6 Å². The third-order valence-corrected chi connectivity index (χ3v) is 9.89. The molecule has 0 spiro atoms. The zero-order chi connectivity index (χ0) is 41.4. The number of carbonyl (C=O) groups is 1. The molecule has 56 heavy (non-hydrogen) atoms. The zero-order valence-corrected chi connectivity index (χ0v) is 37.1. The summed E-state index contributed by atoms with van der Waals surface area (Å²) in [4.78, 5) is 22.8. The number of esters is 1. The number of quaternary nitrogens is 1. The summed E-state index contributed by atoms with van der Waals surface area (Å²) in [6.07, 6.45) is 46.5. The summed E-state index contributed by atoms with van der Waals surface area (Å²) in [7, 11) is 1.56. The first-order chi connectivity index (χ1) is 27.0. The lowest BCUT2D eigenvalue weighted by Crippen LogP contribution is -2.37. The molecule has 0 saturated heterocycles. The zero-order valence-electron chi connectivity index (χ0n) is 36.2. The van der Waals surface area contributed by atoms with Gasteiger partial charge in [0.15, 0.2) is 6.10 Å². The average Bonchev–Trinajstić information content (AvgIpc) is 3.14. The summed E-state index contributed by atoms with van der Waals surface area (Å²) in [5, 5.41) is 9.91. The molecule has 0 aromatic carbocycles. The Morgan fingerprint density at radius 3 is 1.88 bits per heavy atom. The van der Waals surface area contributed by atoms with Crippen LogP contribution in [-0.4, -0.2) is 80.2 Å². The Kier molecular flexibility index (Phi) is 36.7. The number of aliphatic hydroxyl groups excluding tert-OH is 1. The molecule has 0 amide bonds. The molecule has 0 aliphatic heterocycles. The molecule has 2 N–H and O–H groups in total. The maximum absolute atomic E-state index is 12.6. The van der Waals surface area contributed by atoms with E-state index < -0.39 is 19.9 Å². The molecule has 3 atom stereocenters. The van der Waals surface area contributed by atoms with Crippen LogP contribution in [0.2, 0.25) is 0 Å². The number of rotatable bonds is 39. The third kappa shape index (κ3) is 41.4. The predicted molar refractivity (Wildman–Crippen MR) is 234 cm³/mol. The number of phosphoric ester groups is 1. The highest BCUT2D eigenvalue weighted by molar-refractivity contribution is 7.47. The fourth-order valence-electron chi connectivity index (χ4n) is 5.44. The molecule has 0 aromatic rings. The van der Waals surface area contributed by atoms with Crippen molar-refractivity contribution in [1.82, 2.24) is 0 Å². The summed E-state index contributed by atoms with van der Waals surface area (Å²) >= 11 is 0. The first-order valence-electron chi connectivity index (χ1n) is 21.8.